The Kier molecular flexibility index (Phi) is 3.72. The first-order valence-electron chi connectivity index (χ1n) is 6.25. The van der Waals surface area contributed by atoms with Gasteiger partial charge in [0.1, 0.15) is 5.75 Å². The number of nitrogens with one attached hydrogen (secondary N) is 1. The molecule has 0 aliphatic carbocycles. The molecule has 1 unspecified atom stereocenters. The summed E-state index contributed by atoms with van der Waals surface area (Å²) in [6.45, 7) is 0.781. The molecule has 0 fully saturated rings. The third-order valence-corrected chi connectivity index (χ3v) is 4.14. The molecule has 3 nitrogen and oxygen atoms in total. The lowest BCUT2D eigenvalue weighted by Gasteiger charge is -2.17. The van der Waals surface area contributed by atoms with Crippen LogP contribution in [0.1, 0.15) is 22.7 Å². The number of nitrogens with two attached hydrogens (primary N) is 1. The summed E-state index contributed by atoms with van der Waals surface area (Å²) in [7, 11) is 0. The zero-order valence-electron chi connectivity index (χ0n) is 10.4. The van der Waals surface area contributed by atoms with E-state index in [1.165, 1.54) is 20.3 Å². The SMILES string of the molecule is NNC(c1ccc(I)cc1)c1ccc2c(c1)CCO2. The zero-order chi connectivity index (χ0) is 13.2. The van der Waals surface area contributed by atoms with Crippen LogP contribution in [0.25, 0.3) is 0 Å². The van der Waals surface area contributed by atoms with E-state index in [4.69, 9.17) is 10.6 Å². The molecule has 0 amide bonds. The lowest BCUT2D eigenvalue weighted by Crippen LogP contribution is -2.28. The molecule has 19 heavy (non-hydrogen) atoms. The van der Waals surface area contributed by atoms with Gasteiger partial charge in [0.15, 0.2) is 0 Å². The minimum atomic E-state index is 0.0166. The van der Waals surface area contributed by atoms with Gasteiger partial charge < -0.3 is 4.74 Å². The van der Waals surface area contributed by atoms with Gasteiger partial charge in [0.05, 0.1) is 12.6 Å². The molecule has 2 aromatic rings. The molecule has 3 N–H and O–H groups in total. The maximum absolute atomic E-state index is 5.74. The summed E-state index contributed by atoms with van der Waals surface area (Å²) in [5.41, 5.74) is 6.51. The lowest BCUT2D eigenvalue weighted by molar-refractivity contribution is 0.357. The van der Waals surface area contributed by atoms with Crippen LogP contribution in [0.2, 0.25) is 0 Å². The first-order chi connectivity index (χ1) is 9.28. The van der Waals surface area contributed by atoms with Gasteiger partial charge in [-0.1, -0.05) is 24.3 Å². The number of hydrazine groups is 1. The number of rotatable bonds is 3. The van der Waals surface area contributed by atoms with E-state index >= 15 is 0 Å². The third kappa shape index (κ3) is 2.61. The summed E-state index contributed by atoms with van der Waals surface area (Å²) in [5, 5.41) is 0. The van der Waals surface area contributed by atoms with Crippen molar-refractivity contribution in [3.8, 4) is 5.75 Å². The quantitative estimate of drug-likeness (QED) is 0.499. The van der Waals surface area contributed by atoms with Crippen LogP contribution < -0.4 is 16.0 Å². The Hall–Kier alpha value is -1.11. The summed E-state index contributed by atoms with van der Waals surface area (Å²) in [6, 6.07) is 14.7. The highest BCUT2D eigenvalue weighted by atomic mass is 127. The summed E-state index contributed by atoms with van der Waals surface area (Å²) in [5.74, 6) is 6.74. The van der Waals surface area contributed by atoms with Crippen molar-refractivity contribution >= 4 is 22.6 Å². The average molecular weight is 366 g/mol. The van der Waals surface area contributed by atoms with E-state index in [1.807, 2.05) is 6.07 Å². The number of ether oxygens (including phenoxy) is 1. The average Bonchev–Trinajstić information content (AvgIpc) is 2.89. The second-order valence-electron chi connectivity index (χ2n) is 4.62. The highest BCUT2D eigenvalue weighted by Crippen LogP contribution is 2.30. The van der Waals surface area contributed by atoms with Crippen LogP contribution in [0.5, 0.6) is 5.75 Å². The third-order valence-electron chi connectivity index (χ3n) is 3.42. The molecule has 1 aliphatic rings. The minimum absolute atomic E-state index is 0.0166. The van der Waals surface area contributed by atoms with Crippen molar-refractivity contribution in [1.29, 1.82) is 0 Å². The number of hydrogen-bond donors (Lipinski definition) is 2. The van der Waals surface area contributed by atoms with Crippen molar-refractivity contribution in [2.75, 3.05) is 6.61 Å². The minimum Gasteiger partial charge on any atom is -0.493 e. The van der Waals surface area contributed by atoms with Gasteiger partial charge in [0.25, 0.3) is 0 Å². The van der Waals surface area contributed by atoms with Crippen molar-refractivity contribution in [2.45, 2.75) is 12.5 Å². The molecule has 0 radical (unpaired) electrons. The molecule has 0 bridgehead atoms. The number of benzene rings is 2. The largest absolute Gasteiger partial charge is 0.493 e. The van der Waals surface area contributed by atoms with Crippen LogP contribution in [-0.2, 0) is 6.42 Å². The lowest BCUT2D eigenvalue weighted by atomic mass is 9.97. The highest BCUT2D eigenvalue weighted by molar-refractivity contribution is 14.1. The number of halogens is 1. The molecule has 3 rings (SSSR count). The van der Waals surface area contributed by atoms with Gasteiger partial charge in [0, 0.05) is 9.99 Å². The highest BCUT2D eigenvalue weighted by Gasteiger charge is 2.17. The molecule has 1 heterocycles. The zero-order valence-corrected chi connectivity index (χ0v) is 12.6. The van der Waals surface area contributed by atoms with Crippen LogP contribution in [0.4, 0.5) is 0 Å². The van der Waals surface area contributed by atoms with E-state index in [0.29, 0.717) is 0 Å². The van der Waals surface area contributed by atoms with Crippen LogP contribution >= 0.6 is 22.6 Å². The van der Waals surface area contributed by atoms with Crippen molar-refractivity contribution in [3.05, 3.63) is 62.7 Å². The maximum Gasteiger partial charge on any atom is 0.122 e. The van der Waals surface area contributed by atoms with Gasteiger partial charge in [-0.05, 0) is 57.5 Å². The summed E-state index contributed by atoms with van der Waals surface area (Å²) in [4.78, 5) is 0. The molecule has 0 aromatic heterocycles. The number of fused-ring (bicyclic) bond motifs is 1. The van der Waals surface area contributed by atoms with Gasteiger partial charge in [-0.3, -0.25) is 5.84 Å². The summed E-state index contributed by atoms with van der Waals surface area (Å²) in [6.07, 6.45) is 0.979. The molecule has 1 atom stereocenters. The molecular formula is C15H15IN2O. The smallest absolute Gasteiger partial charge is 0.122 e. The van der Waals surface area contributed by atoms with Gasteiger partial charge in [-0.25, -0.2) is 5.43 Å². The predicted molar refractivity (Wildman–Crippen MR) is 84.0 cm³/mol. The second kappa shape index (κ2) is 5.48. The van der Waals surface area contributed by atoms with Crippen molar-refractivity contribution in [1.82, 2.24) is 5.43 Å². The van der Waals surface area contributed by atoms with E-state index in [1.54, 1.807) is 0 Å². The fourth-order valence-corrected chi connectivity index (χ4v) is 2.79. The van der Waals surface area contributed by atoms with E-state index in [-0.39, 0.29) is 6.04 Å². The molecule has 98 valence electrons. The predicted octanol–water partition coefficient (Wildman–Crippen LogP) is 2.78. The summed E-state index contributed by atoms with van der Waals surface area (Å²) < 4.78 is 6.76. The maximum atomic E-state index is 5.74. The van der Waals surface area contributed by atoms with Gasteiger partial charge in [0.2, 0.25) is 0 Å². The standard InChI is InChI=1S/C15H15IN2O/c16-13-4-1-10(2-5-13)15(18-17)12-3-6-14-11(9-12)7-8-19-14/h1-6,9,15,18H,7-8,17H2. The fraction of sp³-hybridized carbons (Fsp3) is 0.200. The van der Waals surface area contributed by atoms with E-state index in [0.717, 1.165) is 18.8 Å². The molecule has 4 heteroatoms. The van der Waals surface area contributed by atoms with Crippen molar-refractivity contribution in [2.24, 2.45) is 5.84 Å². The first-order valence-corrected chi connectivity index (χ1v) is 7.33. The monoisotopic (exact) mass is 366 g/mol. The Labute approximate surface area is 126 Å². The normalized spacial score (nSPS) is 14.8. The van der Waals surface area contributed by atoms with Crippen LogP contribution in [0.15, 0.2) is 42.5 Å². The van der Waals surface area contributed by atoms with E-state index in [2.05, 4.69) is 64.4 Å². The van der Waals surface area contributed by atoms with Gasteiger partial charge in [-0.2, -0.15) is 0 Å². The van der Waals surface area contributed by atoms with Crippen LogP contribution in [-0.4, -0.2) is 6.61 Å². The Balaban J connectivity index is 1.96. The second-order valence-corrected chi connectivity index (χ2v) is 5.86. The fourth-order valence-electron chi connectivity index (χ4n) is 2.43. The van der Waals surface area contributed by atoms with E-state index in [9.17, 15) is 0 Å². The van der Waals surface area contributed by atoms with Crippen molar-refractivity contribution < 1.29 is 4.74 Å². The molecule has 2 aromatic carbocycles. The molecule has 0 spiro atoms. The topological polar surface area (TPSA) is 47.3 Å². The molecule has 0 saturated heterocycles. The Bertz CT molecular complexity index is 583. The molecule has 0 saturated carbocycles. The van der Waals surface area contributed by atoms with E-state index < -0.39 is 0 Å². The Morgan fingerprint density at radius 2 is 1.84 bits per heavy atom. The van der Waals surface area contributed by atoms with Crippen LogP contribution in [0.3, 0.4) is 0 Å². The molecular weight excluding hydrogens is 351 g/mol. The van der Waals surface area contributed by atoms with Gasteiger partial charge >= 0.3 is 0 Å². The summed E-state index contributed by atoms with van der Waals surface area (Å²) >= 11 is 2.30. The Morgan fingerprint density at radius 1 is 1.11 bits per heavy atom. The molecule has 1 aliphatic heterocycles. The Morgan fingerprint density at radius 3 is 2.58 bits per heavy atom. The first kappa shape index (κ1) is 12.9. The van der Waals surface area contributed by atoms with Crippen LogP contribution in [0, 0.1) is 3.57 Å². The van der Waals surface area contributed by atoms with Crippen molar-refractivity contribution in [3.63, 3.8) is 0 Å². The number of hydrogen-bond acceptors (Lipinski definition) is 3. The van der Waals surface area contributed by atoms with Gasteiger partial charge in [-0.15, -0.1) is 0 Å².